The van der Waals surface area contributed by atoms with E-state index in [4.69, 9.17) is 11.6 Å². The molecule has 2 aromatic carbocycles. The van der Waals surface area contributed by atoms with Gasteiger partial charge in [-0.3, -0.25) is 4.98 Å². The largest absolute Gasteiger partial charge is 0.393 e. The summed E-state index contributed by atoms with van der Waals surface area (Å²) < 4.78 is 14.3. The molecule has 0 spiro atoms. The molecule has 8 nitrogen and oxygen atoms in total. The van der Waals surface area contributed by atoms with Crippen molar-refractivity contribution in [2.45, 2.75) is 19.4 Å². The summed E-state index contributed by atoms with van der Waals surface area (Å²) in [7, 11) is 1.82. The average molecular weight is 531 g/mol. The molecule has 33 heavy (non-hydrogen) atoms. The van der Waals surface area contributed by atoms with Crippen molar-refractivity contribution < 1.29 is 9.50 Å². The van der Waals surface area contributed by atoms with E-state index in [2.05, 4.69) is 47.7 Å². The number of anilines is 4. The molecule has 0 radical (unpaired) electrons. The highest BCUT2D eigenvalue weighted by Gasteiger charge is 2.19. The van der Waals surface area contributed by atoms with Gasteiger partial charge in [-0.1, -0.05) is 11.6 Å². The normalized spacial score (nSPS) is 11.9. The molecule has 0 amide bonds. The first-order valence-corrected chi connectivity index (χ1v) is 11.0. The average Bonchev–Trinajstić information content (AvgIpc) is 3.23. The summed E-state index contributed by atoms with van der Waals surface area (Å²) in [5, 5.41) is 34.2. The van der Waals surface area contributed by atoms with Crippen molar-refractivity contribution in [2.24, 2.45) is 0 Å². The quantitative estimate of drug-likeness (QED) is 0.313. The fourth-order valence-corrected chi connectivity index (χ4v) is 4.16. The molecule has 2 heterocycles. The maximum Gasteiger partial charge on any atom is 0.178 e. The van der Waals surface area contributed by atoms with Crippen LogP contribution in [0.3, 0.4) is 0 Å². The molecule has 0 saturated carbocycles. The zero-order chi connectivity index (χ0) is 23.7. The third kappa shape index (κ3) is 4.61. The third-order valence-corrected chi connectivity index (χ3v) is 5.91. The van der Waals surface area contributed by atoms with Gasteiger partial charge in [-0.2, -0.15) is 15.6 Å². The number of rotatable bonds is 6. The first-order chi connectivity index (χ1) is 15.8. The molecule has 0 bridgehead atoms. The van der Waals surface area contributed by atoms with Crippen LogP contribution in [0, 0.1) is 17.1 Å². The summed E-state index contributed by atoms with van der Waals surface area (Å²) in [6.07, 6.45) is 1.23. The Hall–Kier alpha value is -3.26. The van der Waals surface area contributed by atoms with Crippen LogP contribution in [0.25, 0.3) is 10.9 Å². The van der Waals surface area contributed by atoms with Crippen molar-refractivity contribution in [3.05, 3.63) is 63.1 Å². The number of aliphatic hydroxyl groups excluding tert-OH is 1. The first kappa shape index (κ1) is 22.9. The second-order valence-corrected chi connectivity index (χ2v) is 8.70. The van der Waals surface area contributed by atoms with Crippen LogP contribution >= 0.6 is 27.5 Å². The molecule has 0 fully saturated rings. The van der Waals surface area contributed by atoms with Crippen LogP contribution in [0.1, 0.15) is 18.2 Å². The lowest BCUT2D eigenvalue weighted by atomic mass is 10.1. The number of nitrogens with zero attached hydrogens (tertiary/aromatic N) is 5. The van der Waals surface area contributed by atoms with E-state index in [1.165, 1.54) is 24.4 Å². The number of nitriles is 1. The Morgan fingerprint density at radius 2 is 2.12 bits per heavy atom. The van der Waals surface area contributed by atoms with Gasteiger partial charge in [-0.25, -0.2) is 4.39 Å². The summed E-state index contributed by atoms with van der Waals surface area (Å²) in [5.41, 5.74) is 3.33. The molecule has 4 aromatic rings. The van der Waals surface area contributed by atoms with Crippen molar-refractivity contribution in [1.82, 2.24) is 20.4 Å². The van der Waals surface area contributed by atoms with Crippen LogP contribution in [0.5, 0.6) is 0 Å². The van der Waals surface area contributed by atoms with E-state index in [-0.39, 0.29) is 5.02 Å². The lowest BCUT2D eigenvalue weighted by Gasteiger charge is -2.20. The van der Waals surface area contributed by atoms with Crippen LogP contribution in [0.2, 0.25) is 5.02 Å². The molecular weight excluding hydrogens is 513 g/mol. The zero-order valence-electron chi connectivity index (χ0n) is 17.6. The Kier molecular flexibility index (Phi) is 6.47. The van der Waals surface area contributed by atoms with Gasteiger partial charge in [0, 0.05) is 40.9 Å². The molecule has 0 aliphatic carbocycles. The summed E-state index contributed by atoms with van der Waals surface area (Å²) >= 11 is 9.50. The minimum Gasteiger partial charge on any atom is -0.393 e. The fourth-order valence-electron chi connectivity index (χ4n) is 3.43. The van der Waals surface area contributed by atoms with Crippen molar-refractivity contribution in [2.75, 3.05) is 17.3 Å². The molecule has 2 aromatic heterocycles. The molecule has 11 heteroatoms. The smallest absolute Gasteiger partial charge is 0.178 e. The Labute approximate surface area is 202 Å². The number of H-pyrrole nitrogens is 1. The third-order valence-electron chi connectivity index (χ3n) is 5.01. The molecule has 4 rings (SSSR count). The minimum absolute atomic E-state index is 0.0323. The molecule has 1 atom stereocenters. The van der Waals surface area contributed by atoms with E-state index in [1.807, 2.05) is 24.1 Å². The number of benzene rings is 2. The van der Waals surface area contributed by atoms with Crippen LogP contribution in [-0.4, -0.2) is 38.7 Å². The van der Waals surface area contributed by atoms with E-state index < -0.39 is 11.9 Å². The van der Waals surface area contributed by atoms with E-state index in [0.717, 1.165) is 5.69 Å². The number of fused-ring (bicyclic) bond motifs is 1. The number of hydrogen-bond donors (Lipinski definition) is 3. The van der Waals surface area contributed by atoms with Crippen LogP contribution in [0.15, 0.2) is 41.0 Å². The molecule has 0 aliphatic heterocycles. The van der Waals surface area contributed by atoms with E-state index in [0.29, 0.717) is 50.2 Å². The van der Waals surface area contributed by atoms with Gasteiger partial charge in [0.05, 0.1) is 27.9 Å². The topological polar surface area (TPSA) is 114 Å². The van der Waals surface area contributed by atoms with E-state index >= 15 is 0 Å². The predicted molar refractivity (Wildman–Crippen MR) is 129 cm³/mol. The number of aromatic amines is 1. The van der Waals surface area contributed by atoms with Crippen LogP contribution in [0.4, 0.5) is 27.3 Å². The lowest BCUT2D eigenvalue weighted by molar-refractivity contribution is 0.194. The fraction of sp³-hybridized carbons (Fsp3) is 0.182. The highest BCUT2D eigenvalue weighted by atomic mass is 79.9. The van der Waals surface area contributed by atoms with Crippen molar-refractivity contribution in [1.29, 1.82) is 5.26 Å². The van der Waals surface area contributed by atoms with Crippen molar-refractivity contribution in [3.63, 3.8) is 0 Å². The van der Waals surface area contributed by atoms with Gasteiger partial charge >= 0.3 is 0 Å². The molecule has 0 saturated heterocycles. The number of nitrogens with one attached hydrogen (secondary N) is 2. The second-order valence-electron chi connectivity index (χ2n) is 7.44. The van der Waals surface area contributed by atoms with Gasteiger partial charge in [-0.05, 0) is 53.2 Å². The standard InChI is InChI=1S/C22H18BrClFN7O/c1-11(33)5-19-22(30-31-29-19)32(2)14-7-15-20(28-13-3-4-18(25)17(24)6-13)12(9-26)10-27-21(15)16(23)8-14/h3-4,6-8,10-11,33H,5H2,1-2H3,(H,27,28)(H,29,30,31). The monoisotopic (exact) mass is 529 g/mol. The number of hydrogen-bond acceptors (Lipinski definition) is 7. The molecular formula is C22H18BrClFN7O. The van der Waals surface area contributed by atoms with Gasteiger partial charge in [0.1, 0.15) is 17.6 Å². The Bertz CT molecular complexity index is 1390. The lowest BCUT2D eigenvalue weighted by Crippen LogP contribution is -2.14. The van der Waals surface area contributed by atoms with E-state index in [1.54, 1.807) is 6.92 Å². The summed E-state index contributed by atoms with van der Waals surface area (Å²) in [4.78, 5) is 6.25. The second kappa shape index (κ2) is 9.31. The summed E-state index contributed by atoms with van der Waals surface area (Å²) in [6.45, 7) is 1.68. The Morgan fingerprint density at radius 1 is 1.33 bits per heavy atom. The van der Waals surface area contributed by atoms with Gasteiger partial charge < -0.3 is 15.3 Å². The Balaban J connectivity index is 1.84. The molecule has 168 valence electrons. The van der Waals surface area contributed by atoms with Gasteiger partial charge in [0.15, 0.2) is 5.82 Å². The first-order valence-electron chi connectivity index (χ1n) is 9.84. The summed E-state index contributed by atoms with van der Waals surface area (Å²) in [6, 6.07) is 10.1. The number of pyridine rings is 1. The maximum atomic E-state index is 13.6. The number of aromatic nitrogens is 4. The van der Waals surface area contributed by atoms with Crippen molar-refractivity contribution >= 4 is 61.3 Å². The SMILES string of the molecule is CC(O)Cc1n[nH]nc1N(C)c1cc(Br)c2ncc(C#N)c(Nc3ccc(F)c(Cl)c3)c2c1. The van der Waals surface area contributed by atoms with Crippen LogP contribution < -0.4 is 10.2 Å². The highest BCUT2D eigenvalue weighted by Crippen LogP contribution is 2.38. The van der Waals surface area contributed by atoms with Gasteiger partial charge in [0.2, 0.25) is 0 Å². The van der Waals surface area contributed by atoms with Gasteiger partial charge in [-0.15, -0.1) is 5.10 Å². The predicted octanol–water partition coefficient (Wildman–Crippen LogP) is 5.21. The van der Waals surface area contributed by atoms with E-state index in [9.17, 15) is 14.8 Å². The number of halogens is 3. The van der Waals surface area contributed by atoms with Crippen LogP contribution in [-0.2, 0) is 6.42 Å². The number of aliphatic hydroxyl groups is 1. The Morgan fingerprint density at radius 3 is 2.82 bits per heavy atom. The van der Waals surface area contributed by atoms with Gasteiger partial charge in [0.25, 0.3) is 0 Å². The molecule has 0 aliphatic rings. The summed E-state index contributed by atoms with van der Waals surface area (Å²) in [5.74, 6) is 0.0287. The zero-order valence-corrected chi connectivity index (χ0v) is 19.9. The molecule has 3 N–H and O–H groups in total. The minimum atomic E-state index is -0.577. The maximum absolute atomic E-state index is 13.6. The highest BCUT2D eigenvalue weighted by molar-refractivity contribution is 9.10. The van der Waals surface area contributed by atoms with Crippen molar-refractivity contribution in [3.8, 4) is 6.07 Å². The molecule has 1 unspecified atom stereocenters.